The van der Waals surface area contributed by atoms with E-state index in [-0.39, 0.29) is 12.1 Å². The van der Waals surface area contributed by atoms with Crippen molar-refractivity contribution in [3.63, 3.8) is 0 Å². The lowest BCUT2D eigenvalue weighted by molar-refractivity contribution is 0.120. The summed E-state index contributed by atoms with van der Waals surface area (Å²) in [7, 11) is 4.48. The van der Waals surface area contributed by atoms with Crippen LogP contribution in [0.2, 0.25) is 12.1 Å². The van der Waals surface area contributed by atoms with E-state index in [1.54, 1.807) is 42.7 Å². The molecular weight excluding hydrogens is 348 g/mol. The maximum absolute atomic E-state index is 6.19. The largest absolute Gasteiger partial charge is 0.501 e. The Kier molecular flexibility index (Phi) is 12.5. The van der Waals surface area contributed by atoms with Crippen LogP contribution in [-0.2, 0) is 26.6 Å². The SMILES string of the molecule is CO[Si](CCC(N)CCCC(N)C[Si](OC)(OC)OC)(OC)OC. The molecule has 0 saturated heterocycles. The van der Waals surface area contributed by atoms with Crippen molar-refractivity contribution in [1.82, 2.24) is 0 Å². The molecule has 2 atom stereocenters. The van der Waals surface area contributed by atoms with Gasteiger partial charge >= 0.3 is 17.6 Å². The summed E-state index contributed by atoms with van der Waals surface area (Å²) in [6.07, 6.45) is 3.46. The van der Waals surface area contributed by atoms with Crippen molar-refractivity contribution < 1.29 is 26.6 Å². The number of hydrogen-bond acceptors (Lipinski definition) is 8. The van der Waals surface area contributed by atoms with Crippen molar-refractivity contribution in [2.75, 3.05) is 42.7 Å². The summed E-state index contributed by atoms with van der Waals surface area (Å²) in [5.41, 5.74) is 12.4. The van der Waals surface area contributed by atoms with Crippen LogP contribution < -0.4 is 11.5 Å². The smallest absolute Gasteiger partial charge is 0.377 e. The third-order valence-electron chi connectivity index (χ3n) is 4.35. The molecule has 0 aromatic heterocycles. The van der Waals surface area contributed by atoms with E-state index >= 15 is 0 Å². The minimum absolute atomic E-state index is 0.0332. The summed E-state index contributed by atoms with van der Waals surface area (Å²) in [6, 6.07) is 1.34. The molecule has 0 amide bonds. The predicted octanol–water partition coefficient (Wildman–Crippen LogP) is 0.958. The number of rotatable bonds is 15. The zero-order valence-electron chi connectivity index (χ0n) is 16.0. The van der Waals surface area contributed by atoms with Crippen LogP contribution in [0.4, 0.5) is 0 Å². The first-order valence-electron chi connectivity index (χ1n) is 8.18. The average molecular weight is 385 g/mol. The highest BCUT2D eigenvalue weighted by Gasteiger charge is 2.40. The summed E-state index contributed by atoms with van der Waals surface area (Å²) < 4.78 is 32.4. The Balaban J connectivity index is 4.14. The highest BCUT2D eigenvalue weighted by Crippen LogP contribution is 2.20. The second kappa shape index (κ2) is 12.5. The van der Waals surface area contributed by atoms with Gasteiger partial charge < -0.3 is 38.0 Å². The van der Waals surface area contributed by atoms with Gasteiger partial charge in [0.05, 0.1) is 0 Å². The van der Waals surface area contributed by atoms with Crippen LogP contribution in [0.25, 0.3) is 0 Å². The van der Waals surface area contributed by atoms with Crippen molar-refractivity contribution in [3.8, 4) is 0 Å². The Labute approximate surface area is 148 Å². The van der Waals surface area contributed by atoms with E-state index in [9.17, 15) is 0 Å². The van der Waals surface area contributed by atoms with Crippen LogP contribution in [0.1, 0.15) is 25.7 Å². The Morgan fingerprint density at radius 1 is 0.625 bits per heavy atom. The standard InChI is InChI=1S/C14H36N2O6Si2/c1-17-23(18-2,19-3)11-10-13(15)8-7-9-14(16)12-24(20-4,21-5)22-6/h13-14H,7-12,15-16H2,1-6H3. The van der Waals surface area contributed by atoms with Gasteiger partial charge in [-0.2, -0.15) is 0 Å². The lowest BCUT2D eigenvalue weighted by Crippen LogP contribution is -2.47. The molecule has 0 aliphatic carbocycles. The van der Waals surface area contributed by atoms with Crippen LogP contribution in [0, 0.1) is 0 Å². The third-order valence-corrected chi connectivity index (χ3v) is 10.0. The summed E-state index contributed by atoms with van der Waals surface area (Å²) >= 11 is 0. The van der Waals surface area contributed by atoms with Gasteiger partial charge in [-0.1, -0.05) is 6.42 Å². The lowest BCUT2D eigenvalue weighted by atomic mass is 10.1. The molecule has 4 N–H and O–H groups in total. The van der Waals surface area contributed by atoms with Crippen LogP contribution in [0.5, 0.6) is 0 Å². The molecule has 2 unspecified atom stereocenters. The highest BCUT2D eigenvalue weighted by atomic mass is 28.4. The summed E-state index contributed by atoms with van der Waals surface area (Å²) in [5.74, 6) is 0. The van der Waals surface area contributed by atoms with Crippen molar-refractivity contribution in [1.29, 1.82) is 0 Å². The Morgan fingerprint density at radius 2 is 1.04 bits per heavy atom. The molecule has 146 valence electrons. The molecule has 8 nitrogen and oxygen atoms in total. The van der Waals surface area contributed by atoms with Gasteiger partial charge in [-0.15, -0.1) is 0 Å². The fraction of sp³-hybridized carbons (Fsp3) is 1.00. The zero-order chi connectivity index (χ0) is 18.6. The van der Waals surface area contributed by atoms with Gasteiger partial charge in [-0.05, 0) is 19.3 Å². The quantitative estimate of drug-likeness (QED) is 0.402. The first-order chi connectivity index (χ1) is 11.4. The van der Waals surface area contributed by atoms with Crippen molar-refractivity contribution in [2.45, 2.75) is 49.9 Å². The molecule has 0 bridgehead atoms. The topological polar surface area (TPSA) is 107 Å². The van der Waals surface area contributed by atoms with Crippen molar-refractivity contribution in [2.24, 2.45) is 11.5 Å². The molecule has 0 heterocycles. The van der Waals surface area contributed by atoms with Crippen molar-refractivity contribution in [3.05, 3.63) is 0 Å². The molecule has 24 heavy (non-hydrogen) atoms. The minimum Gasteiger partial charge on any atom is -0.377 e. The van der Waals surface area contributed by atoms with Gasteiger partial charge in [-0.25, -0.2) is 0 Å². The summed E-state index contributed by atoms with van der Waals surface area (Å²) in [4.78, 5) is 0. The van der Waals surface area contributed by atoms with Gasteiger partial charge in [0, 0.05) is 66.8 Å². The van der Waals surface area contributed by atoms with Gasteiger partial charge in [-0.3, -0.25) is 0 Å². The predicted molar refractivity (Wildman–Crippen MR) is 97.6 cm³/mol. The fourth-order valence-corrected chi connectivity index (χ4v) is 6.31. The van der Waals surface area contributed by atoms with E-state index in [1.165, 1.54) is 0 Å². The second-order valence-corrected chi connectivity index (χ2v) is 11.9. The van der Waals surface area contributed by atoms with E-state index < -0.39 is 17.6 Å². The zero-order valence-corrected chi connectivity index (χ0v) is 18.0. The van der Waals surface area contributed by atoms with E-state index in [0.717, 1.165) is 25.7 Å². The minimum atomic E-state index is -2.61. The van der Waals surface area contributed by atoms with E-state index in [2.05, 4.69) is 0 Å². The molecule has 10 heteroatoms. The Morgan fingerprint density at radius 3 is 1.46 bits per heavy atom. The Hall–Kier alpha value is 0.114. The van der Waals surface area contributed by atoms with E-state index in [0.29, 0.717) is 12.1 Å². The molecule has 0 saturated carbocycles. The number of hydrogen-bond donors (Lipinski definition) is 2. The fourth-order valence-electron chi connectivity index (χ4n) is 2.63. The molecule has 0 fully saturated rings. The molecule has 0 aromatic rings. The Bertz CT molecular complexity index is 303. The molecule has 0 aliphatic rings. The van der Waals surface area contributed by atoms with Gasteiger partial charge in [0.2, 0.25) is 0 Å². The maximum atomic E-state index is 6.19. The van der Waals surface area contributed by atoms with E-state index in [1.807, 2.05) is 0 Å². The summed E-state index contributed by atoms with van der Waals surface area (Å²) in [6.45, 7) is 0. The van der Waals surface area contributed by atoms with Gasteiger partial charge in [0.1, 0.15) is 0 Å². The molecule has 0 aromatic carbocycles. The second-order valence-electron chi connectivity index (χ2n) is 5.78. The number of nitrogens with two attached hydrogens (primary N) is 2. The highest BCUT2D eigenvalue weighted by molar-refractivity contribution is 6.61. The average Bonchev–Trinajstić information content (AvgIpc) is 2.61. The molecule has 0 aliphatic heterocycles. The van der Waals surface area contributed by atoms with Crippen molar-refractivity contribution >= 4 is 17.6 Å². The van der Waals surface area contributed by atoms with E-state index in [4.69, 9.17) is 38.0 Å². The first-order valence-corrected chi connectivity index (χ1v) is 12.0. The summed E-state index contributed by atoms with van der Waals surface area (Å²) in [5, 5.41) is 0. The van der Waals surface area contributed by atoms with Crippen LogP contribution in [0.3, 0.4) is 0 Å². The first kappa shape index (κ1) is 24.1. The molecular formula is C14H36N2O6Si2. The van der Waals surface area contributed by atoms with Gasteiger partial charge in [0.15, 0.2) is 0 Å². The van der Waals surface area contributed by atoms with Crippen LogP contribution in [-0.4, -0.2) is 72.4 Å². The third kappa shape index (κ3) is 8.00. The van der Waals surface area contributed by atoms with Crippen LogP contribution in [0.15, 0.2) is 0 Å². The monoisotopic (exact) mass is 384 g/mol. The molecule has 0 radical (unpaired) electrons. The normalized spacial score (nSPS) is 15.5. The lowest BCUT2D eigenvalue weighted by Gasteiger charge is -2.27. The molecule has 0 rings (SSSR count). The molecule has 0 spiro atoms. The van der Waals surface area contributed by atoms with Gasteiger partial charge in [0.25, 0.3) is 0 Å². The maximum Gasteiger partial charge on any atom is 0.501 e. The van der Waals surface area contributed by atoms with Crippen LogP contribution >= 0.6 is 0 Å².